The van der Waals surface area contributed by atoms with Gasteiger partial charge in [0.05, 0.1) is 24.8 Å². The molecule has 0 aliphatic carbocycles. The lowest BCUT2D eigenvalue weighted by Crippen LogP contribution is -2.37. The lowest BCUT2D eigenvalue weighted by molar-refractivity contribution is 0.0664. The minimum Gasteiger partial charge on any atom is -0.496 e. The third kappa shape index (κ3) is 3.61. The number of aliphatic hydroxyl groups is 1. The number of hydrogen-bond donors (Lipinski definition) is 1. The molecule has 1 unspecified atom stereocenters. The van der Waals surface area contributed by atoms with E-state index in [1.54, 1.807) is 14.2 Å². The predicted octanol–water partition coefficient (Wildman–Crippen LogP) is 2.42. The fourth-order valence-corrected chi connectivity index (χ4v) is 2.95. The van der Waals surface area contributed by atoms with Gasteiger partial charge >= 0.3 is 0 Å². The highest BCUT2D eigenvalue weighted by molar-refractivity contribution is 9.10. The maximum Gasteiger partial charge on any atom is 0.133 e. The van der Waals surface area contributed by atoms with E-state index >= 15 is 0 Å². The second-order valence-corrected chi connectivity index (χ2v) is 5.68. The largest absolute Gasteiger partial charge is 0.496 e. The van der Waals surface area contributed by atoms with Gasteiger partial charge in [0.2, 0.25) is 0 Å². The van der Waals surface area contributed by atoms with Crippen LogP contribution in [0.25, 0.3) is 0 Å². The molecule has 1 aliphatic heterocycles. The van der Waals surface area contributed by atoms with Gasteiger partial charge in [-0.05, 0) is 47.4 Å². The van der Waals surface area contributed by atoms with Gasteiger partial charge in [0.25, 0.3) is 0 Å². The van der Waals surface area contributed by atoms with E-state index < -0.39 is 0 Å². The first-order valence-corrected chi connectivity index (χ1v) is 7.24. The Kier molecular flexibility index (Phi) is 5.07. The Morgan fingerprint density at radius 2 is 2.05 bits per heavy atom. The number of nitrogens with zero attached hydrogens (tertiary/aromatic N) is 1. The highest BCUT2D eigenvalue weighted by atomic mass is 79.9. The second kappa shape index (κ2) is 6.59. The molecule has 1 fully saturated rings. The van der Waals surface area contributed by atoms with E-state index in [0.717, 1.165) is 54.0 Å². The molecule has 0 radical (unpaired) electrons. The second-order valence-electron chi connectivity index (χ2n) is 4.83. The van der Waals surface area contributed by atoms with Crippen LogP contribution < -0.4 is 9.47 Å². The van der Waals surface area contributed by atoms with Gasteiger partial charge < -0.3 is 14.6 Å². The summed E-state index contributed by atoms with van der Waals surface area (Å²) in [6.07, 6.45) is 1.73. The Hall–Kier alpha value is -0.780. The number of ether oxygens (including phenoxy) is 2. The van der Waals surface area contributed by atoms with Crippen LogP contribution >= 0.6 is 15.9 Å². The summed E-state index contributed by atoms with van der Waals surface area (Å²) in [5.41, 5.74) is 1.08. The Balaban J connectivity index is 2.18. The number of rotatable bonds is 4. The Labute approximate surface area is 122 Å². The average molecular weight is 330 g/mol. The molecule has 106 valence electrons. The molecule has 2 rings (SSSR count). The van der Waals surface area contributed by atoms with E-state index in [-0.39, 0.29) is 6.10 Å². The van der Waals surface area contributed by atoms with Gasteiger partial charge in [-0.15, -0.1) is 0 Å². The molecule has 1 atom stereocenters. The summed E-state index contributed by atoms with van der Waals surface area (Å²) in [6, 6.07) is 3.92. The van der Waals surface area contributed by atoms with Crippen LogP contribution in [0.5, 0.6) is 11.5 Å². The summed E-state index contributed by atoms with van der Waals surface area (Å²) in [7, 11) is 3.32. The molecule has 19 heavy (non-hydrogen) atoms. The van der Waals surface area contributed by atoms with Crippen LogP contribution in [-0.2, 0) is 6.54 Å². The minimum atomic E-state index is -0.211. The van der Waals surface area contributed by atoms with Gasteiger partial charge in [-0.3, -0.25) is 4.90 Å². The molecule has 1 saturated heterocycles. The van der Waals surface area contributed by atoms with Crippen LogP contribution in [0.2, 0.25) is 0 Å². The highest BCUT2D eigenvalue weighted by Crippen LogP contribution is 2.33. The number of β-amino-alcohol motifs (C(OH)–C–C–N with tert-alkyl or cyclic N) is 1. The average Bonchev–Trinajstić information content (AvgIpc) is 2.40. The SMILES string of the molecule is COc1cc(CN2CCCC(O)C2)c(OC)cc1Br. The van der Waals surface area contributed by atoms with Crippen molar-refractivity contribution >= 4 is 15.9 Å². The summed E-state index contributed by atoms with van der Waals surface area (Å²) < 4.78 is 11.6. The van der Waals surface area contributed by atoms with Gasteiger partial charge in [0.1, 0.15) is 11.5 Å². The van der Waals surface area contributed by atoms with Crippen LogP contribution in [0, 0.1) is 0 Å². The molecule has 0 bridgehead atoms. The smallest absolute Gasteiger partial charge is 0.133 e. The summed E-state index contributed by atoms with van der Waals surface area (Å²) in [6.45, 7) is 2.50. The molecular formula is C14H20BrNO3. The van der Waals surface area contributed by atoms with E-state index in [1.807, 2.05) is 12.1 Å². The number of halogens is 1. The van der Waals surface area contributed by atoms with Crippen LogP contribution in [0.15, 0.2) is 16.6 Å². The Morgan fingerprint density at radius 3 is 2.68 bits per heavy atom. The van der Waals surface area contributed by atoms with Gasteiger partial charge in [0.15, 0.2) is 0 Å². The highest BCUT2D eigenvalue weighted by Gasteiger charge is 2.19. The van der Waals surface area contributed by atoms with Crippen molar-refractivity contribution in [3.05, 3.63) is 22.2 Å². The maximum atomic E-state index is 9.72. The van der Waals surface area contributed by atoms with Crippen molar-refractivity contribution in [1.29, 1.82) is 0 Å². The standard InChI is InChI=1S/C14H20BrNO3/c1-18-13-7-12(15)14(19-2)6-10(13)8-16-5-3-4-11(17)9-16/h6-7,11,17H,3-5,8-9H2,1-2H3. The number of benzene rings is 1. The fraction of sp³-hybridized carbons (Fsp3) is 0.571. The molecule has 1 aliphatic rings. The monoisotopic (exact) mass is 329 g/mol. The first kappa shape index (κ1) is 14.6. The maximum absolute atomic E-state index is 9.72. The molecule has 0 saturated carbocycles. The van der Waals surface area contributed by atoms with Gasteiger partial charge in [-0.25, -0.2) is 0 Å². The van der Waals surface area contributed by atoms with Crippen molar-refractivity contribution in [2.45, 2.75) is 25.5 Å². The topological polar surface area (TPSA) is 41.9 Å². The predicted molar refractivity (Wildman–Crippen MR) is 77.8 cm³/mol. The zero-order valence-corrected chi connectivity index (χ0v) is 12.9. The molecule has 1 N–H and O–H groups in total. The molecule has 0 aromatic heterocycles. The molecular weight excluding hydrogens is 310 g/mol. The number of likely N-dealkylation sites (tertiary alicyclic amines) is 1. The van der Waals surface area contributed by atoms with E-state index in [1.165, 1.54) is 0 Å². The first-order chi connectivity index (χ1) is 9.13. The third-order valence-electron chi connectivity index (χ3n) is 3.43. The van der Waals surface area contributed by atoms with E-state index in [2.05, 4.69) is 20.8 Å². The van der Waals surface area contributed by atoms with Gasteiger partial charge in [-0.1, -0.05) is 0 Å². The molecule has 0 spiro atoms. The summed E-state index contributed by atoms with van der Waals surface area (Å²) in [4.78, 5) is 2.25. The normalized spacial score (nSPS) is 20.3. The number of methoxy groups -OCH3 is 2. The molecule has 1 aromatic carbocycles. The number of hydrogen-bond acceptors (Lipinski definition) is 4. The Bertz CT molecular complexity index is 439. The van der Waals surface area contributed by atoms with E-state index in [4.69, 9.17) is 9.47 Å². The van der Waals surface area contributed by atoms with E-state index in [9.17, 15) is 5.11 Å². The van der Waals surface area contributed by atoms with Crippen LogP contribution in [0.4, 0.5) is 0 Å². The minimum absolute atomic E-state index is 0.211. The molecule has 1 heterocycles. The first-order valence-electron chi connectivity index (χ1n) is 6.45. The summed E-state index contributed by atoms with van der Waals surface area (Å²) >= 11 is 3.46. The van der Waals surface area contributed by atoms with Gasteiger partial charge in [0, 0.05) is 18.7 Å². The van der Waals surface area contributed by atoms with Crippen LogP contribution in [0.1, 0.15) is 18.4 Å². The summed E-state index contributed by atoms with van der Waals surface area (Å²) in [5, 5.41) is 9.72. The van der Waals surface area contributed by atoms with Crippen molar-refractivity contribution in [3.8, 4) is 11.5 Å². The van der Waals surface area contributed by atoms with Crippen LogP contribution in [-0.4, -0.2) is 43.4 Å². The molecule has 5 heteroatoms. The van der Waals surface area contributed by atoms with Crippen molar-refractivity contribution in [2.24, 2.45) is 0 Å². The van der Waals surface area contributed by atoms with Crippen LogP contribution in [0.3, 0.4) is 0 Å². The number of piperidine rings is 1. The summed E-state index contributed by atoms with van der Waals surface area (Å²) in [5.74, 6) is 1.64. The van der Waals surface area contributed by atoms with Crippen molar-refractivity contribution in [1.82, 2.24) is 4.90 Å². The van der Waals surface area contributed by atoms with E-state index in [0.29, 0.717) is 0 Å². The zero-order chi connectivity index (χ0) is 13.8. The zero-order valence-electron chi connectivity index (χ0n) is 11.4. The lowest BCUT2D eigenvalue weighted by Gasteiger charge is -2.30. The fourth-order valence-electron chi connectivity index (χ4n) is 2.46. The molecule has 1 aromatic rings. The molecule has 4 nitrogen and oxygen atoms in total. The molecule has 0 amide bonds. The van der Waals surface area contributed by atoms with Crippen molar-refractivity contribution in [2.75, 3.05) is 27.3 Å². The number of aliphatic hydroxyl groups excluding tert-OH is 1. The van der Waals surface area contributed by atoms with Crippen molar-refractivity contribution < 1.29 is 14.6 Å². The third-order valence-corrected chi connectivity index (χ3v) is 4.05. The van der Waals surface area contributed by atoms with Crippen molar-refractivity contribution in [3.63, 3.8) is 0 Å². The quantitative estimate of drug-likeness (QED) is 0.921. The lowest BCUT2D eigenvalue weighted by atomic mass is 10.1. The van der Waals surface area contributed by atoms with Gasteiger partial charge in [-0.2, -0.15) is 0 Å². The Morgan fingerprint density at radius 1 is 1.32 bits per heavy atom.